The van der Waals surface area contributed by atoms with Crippen LogP contribution in [0.3, 0.4) is 0 Å². The van der Waals surface area contributed by atoms with Gasteiger partial charge < -0.3 is 10.2 Å². The van der Waals surface area contributed by atoms with E-state index in [1.165, 1.54) is 45.4 Å². The van der Waals surface area contributed by atoms with Crippen molar-refractivity contribution in [2.45, 2.75) is 43.9 Å². The Hall–Kier alpha value is 0.270. The van der Waals surface area contributed by atoms with Crippen LogP contribution in [-0.4, -0.2) is 48.1 Å². The summed E-state index contributed by atoms with van der Waals surface area (Å²) in [6, 6.07) is 0.634. The van der Waals surface area contributed by atoms with Crippen molar-refractivity contribution in [3.8, 4) is 0 Å². The Labute approximate surface area is 105 Å². The van der Waals surface area contributed by atoms with E-state index in [-0.39, 0.29) is 0 Å². The summed E-state index contributed by atoms with van der Waals surface area (Å²) < 4.78 is 0.653. The van der Waals surface area contributed by atoms with Gasteiger partial charge in [0, 0.05) is 23.9 Å². The van der Waals surface area contributed by atoms with Gasteiger partial charge in [-0.15, -0.1) is 0 Å². The molecule has 1 N–H and O–H groups in total. The monoisotopic (exact) mass is 242 g/mol. The zero-order chi connectivity index (χ0) is 11.6. The van der Waals surface area contributed by atoms with Crippen LogP contribution in [0.2, 0.25) is 0 Å². The average Bonchev–Trinajstić information content (AvgIpc) is 2.88. The van der Waals surface area contributed by atoms with E-state index < -0.39 is 0 Å². The number of hydrogen-bond donors (Lipinski definition) is 1. The lowest BCUT2D eigenvalue weighted by Gasteiger charge is -2.22. The summed E-state index contributed by atoms with van der Waals surface area (Å²) in [4.78, 5) is 2.69. The molecule has 0 spiro atoms. The Balaban J connectivity index is 1.67. The zero-order valence-electron chi connectivity index (χ0n) is 11.0. The lowest BCUT2D eigenvalue weighted by atomic mass is 10.1. The summed E-state index contributed by atoms with van der Waals surface area (Å²) in [7, 11) is 0. The zero-order valence-corrected chi connectivity index (χ0v) is 11.8. The Bertz CT molecular complexity index is 226. The van der Waals surface area contributed by atoms with Crippen LogP contribution in [0.4, 0.5) is 0 Å². The molecule has 0 radical (unpaired) electrons. The Morgan fingerprint density at radius 1 is 1.44 bits per heavy atom. The summed E-state index contributed by atoms with van der Waals surface area (Å²) >= 11 is 2.09. The van der Waals surface area contributed by atoms with E-state index in [1.807, 2.05) is 0 Å². The van der Waals surface area contributed by atoms with Crippen molar-refractivity contribution < 1.29 is 0 Å². The van der Waals surface area contributed by atoms with Crippen LogP contribution in [0.25, 0.3) is 0 Å². The van der Waals surface area contributed by atoms with Crippen LogP contribution in [0, 0.1) is 5.92 Å². The average molecular weight is 242 g/mol. The molecule has 0 amide bonds. The van der Waals surface area contributed by atoms with Gasteiger partial charge in [-0.3, -0.25) is 0 Å². The molecule has 0 bridgehead atoms. The molecule has 1 saturated carbocycles. The molecule has 1 aliphatic carbocycles. The van der Waals surface area contributed by atoms with Crippen molar-refractivity contribution in [1.29, 1.82) is 0 Å². The number of rotatable bonds is 6. The molecule has 0 aromatic heterocycles. The van der Waals surface area contributed by atoms with Gasteiger partial charge >= 0.3 is 0 Å². The van der Waals surface area contributed by atoms with Crippen LogP contribution in [0.5, 0.6) is 0 Å². The minimum atomic E-state index is 0.634. The molecule has 2 aliphatic rings. The summed E-state index contributed by atoms with van der Waals surface area (Å²) in [5, 5.41) is 3.57. The lowest BCUT2D eigenvalue weighted by molar-refractivity contribution is 0.316. The molecule has 1 aliphatic heterocycles. The second-order valence-electron chi connectivity index (χ2n) is 5.84. The Kier molecular flexibility index (Phi) is 4.20. The number of hydrogen-bond acceptors (Lipinski definition) is 3. The van der Waals surface area contributed by atoms with Crippen molar-refractivity contribution in [1.82, 2.24) is 10.2 Å². The number of likely N-dealkylation sites (tertiary alicyclic amines) is 1. The second-order valence-corrected chi connectivity index (χ2v) is 7.11. The highest BCUT2D eigenvalue weighted by Crippen LogP contribution is 2.48. The predicted octanol–water partition coefficient (Wildman–Crippen LogP) is 2.20. The van der Waals surface area contributed by atoms with Crippen LogP contribution in [-0.2, 0) is 0 Å². The first-order chi connectivity index (χ1) is 7.63. The van der Waals surface area contributed by atoms with E-state index in [9.17, 15) is 0 Å². The smallest absolute Gasteiger partial charge is 0.0285 e. The minimum absolute atomic E-state index is 0.634. The van der Waals surface area contributed by atoms with Crippen molar-refractivity contribution >= 4 is 11.8 Å². The number of thioether (sulfide) groups is 1. The maximum atomic E-state index is 3.57. The first-order valence-electron chi connectivity index (χ1n) is 6.64. The van der Waals surface area contributed by atoms with Crippen LogP contribution < -0.4 is 5.32 Å². The molecular formula is C13H26N2S. The van der Waals surface area contributed by atoms with E-state index in [1.54, 1.807) is 0 Å². The fraction of sp³-hybridized carbons (Fsp3) is 1.00. The van der Waals surface area contributed by atoms with Gasteiger partial charge in [-0.2, -0.15) is 11.8 Å². The second kappa shape index (κ2) is 5.28. The fourth-order valence-electron chi connectivity index (χ4n) is 2.60. The predicted molar refractivity (Wildman–Crippen MR) is 73.2 cm³/mol. The normalized spacial score (nSPS) is 28.9. The van der Waals surface area contributed by atoms with Crippen molar-refractivity contribution in [2.24, 2.45) is 5.92 Å². The van der Waals surface area contributed by atoms with Gasteiger partial charge in [0.15, 0.2) is 0 Å². The molecule has 0 aromatic rings. The topological polar surface area (TPSA) is 15.3 Å². The molecule has 1 unspecified atom stereocenters. The molecule has 2 nitrogen and oxygen atoms in total. The van der Waals surface area contributed by atoms with Crippen molar-refractivity contribution in [2.75, 3.05) is 32.4 Å². The fourth-order valence-corrected chi connectivity index (χ4v) is 3.42. The molecule has 0 aromatic carbocycles. The van der Waals surface area contributed by atoms with Crippen LogP contribution in [0.15, 0.2) is 0 Å². The third-order valence-corrected chi connectivity index (χ3v) is 5.34. The van der Waals surface area contributed by atoms with Gasteiger partial charge in [-0.25, -0.2) is 0 Å². The number of nitrogens with one attached hydrogen (secondary N) is 1. The molecule has 2 rings (SSSR count). The number of nitrogens with zero attached hydrogens (tertiary/aromatic N) is 1. The molecule has 16 heavy (non-hydrogen) atoms. The highest BCUT2D eigenvalue weighted by molar-refractivity contribution is 8.00. The summed E-state index contributed by atoms with van der Waals surface area (Å²) in [5.41, 5.74) is 0. The molecule has 1 atom stereocenters. The molecule has 2 fully saturated rings. The standard InChI is InChI=1S/C13H26N2S/c1-11(2)14-8-12-4-7-15(9-12)10-13(16-3)5-6-13/h11-12,14H,4-10H2,1-3H3. The van der Waals surface area contributed by atoms with Crippen LogP contribution in [0.1, 0.15) is 33.1 Å². The summed E-state index contributed by atoms with van der Waals surface area (Å²) in [6.45, 7) is 9.67. The first-order valence-corrected chi connectivity index (χ1v) is 7.87. The van der Waals surface area contributed by atoms with Gasteiger partial charge in [0.1, 0.15) is 0 Å². The third kappa shape index (κ3) is 3.38. The highest BCUT2D eigenvalue weighted by Gasteiger charge is 2.44. The first kappa shape index (κ1) is 12.7. The molecule has 3 heteroatoms. The third-order valence-electron chi connectivity index (χ3n) is 3.94. The van der Waals surface area contributed by atoms with Crippen molar-refractivity contribution in [3.05, 3.63) is 0 Å². The van der Waals surface area contributed by atoms with E-state index in [4.69, 9.17) is 0 Å². The minimum Gasteiger partial charge on any atom is -0.314 e. The Morgan fingerprint density at radius 2 is 2.19 bits per heavy atom. The van der Waals surface area contributed by atoms with Gasteiger partial charge in [-0.1, -0.05) is 13.8 Å². The maximum Gasteiger partial charge on any atom is 0.0285 e. The molecule has 1 heterocycles. The van der Waals surface area contributed by atoms with E-state index in [0.29, 0.717) is 10.8 Å². The largest absolute Gasteiger partial charge is 0.314 e. The molecular weight excluding hydrogens is 216 g/mol. The van der Waals surface area contributed by atoms with Crippen LogP contribution >= 0.6 is 11.8 Å². The van der Waals surface area contributed by atoms with Gasteiger partial charge in [0.2, 0.25) is 0 Å². The summed E-state index contributed by atoms with van der Waals surface area (Å²) in [6.07, 6.45) is 6.56. The summed E-state index contributed by atoms with van der Waals surface area (Å²) in [5.74, 6) is 0.889. The van der Waals surface area contributed by atoms with Gasteiger partial charge in [0.25, 0.3) is 0 Å². The van der Waals surface area contributed by atoms with Gasteiger partial charge in [-0.05, 0) is 44.5 Å². The van der Waals surface area contributed by atoms with E-state index in [2.05, 4.69) is 42.1 Å². The van der Waals surface area contributed by atoms with E-state index in [0.717, 1.165) is 5.92 Å². The molecule has 94 valence electrons. The van der Waals surface area contributed by atoms with Gasteiger partial charge in [0.05, 0.1) is 0 Å². The lowest BCUT2D eigenvalue weighted by Crippen LogP contribution is -2.33. The van der Waals surface area contributed by atoms with E-state index >= 15 is 0 Å². The van der Waals surface area contributed by atoms with Crippen molar-refractivity contribution in [3.63, 3.8) is 0 Å². The SMILES string of the molecule is CSC1(CN2CCC(CNC(C)C)C2)CC1. The maximum absolute atomic E-state index is 3.57. The molecule has 1 saturated heterocycles. The highest BCUT2D eigenvalue weighted by atomic mass is 32.2. The quantitative estimate of drug-likeness (QED) is 0.769. The Morgan fingerprint density at radius 3 is 2.75 bits per heavy atom.